The standard InChI is InChI=1S/C22H19NO7/c1-27-18-9-3-15(4-10-18)21(16-5-11-19(28-2)12-6-16)30-22(24)29-20-13-7-17(8-14-20)23(25)26/h3-14,21H,1-2H3. The number of nitro groups is 1. The molecule has 154 valence electrons. The quantitative estimate of drug-likeness (QED) is 0.236. The summed E-state index contributed by atoms with van der Waals surface area (Å²) < 4.78 is 21.1. The van der Waals surface area contributed by atoms with Crippen molar-refractivity contribution in [3.8, 4) is 17.2 Å². The average molecular weight is 409 g/mol. The number of rotatable bonds is 7. The summed E-state index contributed by atoms with van der Waals surface area (Å²) in [6.45, 7) is 0. The molecule has 3 rings (SSSR count). The van der Waals surface area contributed by atoms with Crippen molar-refractivity contribution >= 4 is 11.8 Å². The topological polar surface area (TPSA) is 97.1 Å². The number of non-ortho nitro benzene ring substituents is 1. The van der Waals surface area contributed by atoms with Crippen LogP contribution in [0.5, 0.6) is 17.2 Å². The monoisotopic (exact) mass is 409 g/mol. The third-order valence-electron chi connectivity index (χ3n) is 4.30. The number of carbonyl (C=O) groups excluding carboxylic acids is 1. The molecule has 30 heavy (non-hydrogen) atoms. The molecule has 0 bridgehead atoms. The number of hydrogen-bond acceptors (Lipinski definition) is 7. The van der Waals surface area contributed by atoms with Crippen LogP contribution in [0.15, 0.2) is 72.8 Å². The van der Waals surface area contributed by atoms with Gasteiger partial charge in [-0.05, 0) is 47.5 Å². The molecule has 8 nitrogen and oxygen atoms in total. The van der Waals surface area contributed by atoms with E-state index in [2.05, 4.69) is 0 Å². The fourth-order valence-electron chi connectivity index (χ4n) is 2.74. The summed E-state index contributed by atoms with van der Waals surface area (Å²) >= 11 is 0. The number of ether oxygens (including phenoxy) is 4. The van der Waals surface area contributed by atoms with Crippen LogP contribution in [0.2, 0.25) is 0 Å². The largest absolute Gasteiger partial charge is 0.514 e. The summed E-state index contributed by atoms with van der Waals surface area (Å²) in [4.78, 5) is 22.6. The molecule has 8 heteroatoms. The minimum Gasteiger partial charge on any atom is -0.497 e. The molecule has 0 atom stereocenters. The summed E-state index contributed by atoms with van der Waals surface area (Å²) in [6, 6.07) is 19.3. The molecular formula is C22H19NO7. The summed E-state index contributed by atoms with van der Waals surface area (Å²) in [5.74, 6) is 1.47. The maximum atomic E-state index is 12.4. The summed E-state index contributed by atoms with van der Waals surface area (Å²) in [5, 5.41) is 10.7. The van der Waals surface area contributed by atoms with E-state index in [0.29, 0.717) is 22.6 Å². The van der Waals surface area contributed by atoms with Crippen molar-refractivity contribution in [3.63, 3.8) is 0 Å². The van der Waals surface area contributed by atoms with Crippen LogP contribution in [0.3, 0.4) is 0 Å². The highest BCUT2D eigenvalue weighted by Gasteiger charge is 2.21. The molecule has 0 aliphatic heterocycles. The molecule has 0 amide bonds. The van der Waals surface area contributed by atoms with Crippen LogP contribution in [-0.2, 0) is 4.74 Å². The van der Waals surface area contributed by atoms with E-state index in [1.54, 1.807) is 62.8 Å². The number of hydrogen-bond donors (Lipinski definition) is 0. The molecule has 3 aromatic carbocycles. The van der Waals surface area contributed by atoms with Gasteiger partial charge >= 0.3 is 6.16 Å². The van der Waals surface area contributed by atoms with Crippen molar-refractivity contribution in [3.05, 3.63) is 94.0 Å². The van der Waals surface area contributed by atoms with Gasteiger partial charge in [0.2, 0.25) is 0 Å². The Hall–Kier alpha value is -4.07. The third kappa shape index (κ3) is 5.05. The van der Waals surface area contributed by atoms with Gasteiger partial charge in [0.25, 0.3) is 5.69 Å². The maximum absolute atomic E-state index is 12.4. The average Bonchev–Trinajstić information content (AvgIpc) is 2.78. The molecule has 0 N–H and O–H groups in total. The van der Waals surface area contributed by atoms with Gasteiger partial charge in [0.1, 0.15) is 17.2 Å². The molecule has 0 heterocycles. The van der Waals surface area contributed by atoms with Crippen molar-refractivity contribution in [2.45, 2.75) is 6.10 Å². The Morgan fingerprint density at radius 3 is 1.60 bits per heavy atom. The second kappa shape index (κ2) is 9.42. The molecule has 3 aromatic rings. The minimum absolute atomic E-state index is 0.106. The van der Waals surface area contributed by atoms with Crippen LogP contribution in [0.1, 0.15) is 17.2 Å². The van der Waals surface area contributed by atoms with E-state index in [1.165, 1.54) is 24.3 Å². The van der Waals surface area contributed by atoms with Gasteiger partial charge in [-0.25, -0.2) is 4.79 Å². The van der Waals surface area contributed by atoms with Crippen molar-refractivity contribution in [2.75, 3.05) is 14.2 Å². The highest BCUT2D eigenvalue weighted by molar-refractivity contribution is 5.65. The molecule has 0 saturated heterocycles. The van der Waals surface area contributed by atoms with Crippen LogP contribution in [-0.4, -0.2) is 25.3 Å². The Balaban J connectivity index is 1.81. The van der Waals surface area contributed by atoms with Crippen molar-refractivity contribution in [1.29, 1.82) is 0 Å². The molecule has 0 unspecified atom stereocenters. The van der Waals surface area contributed by atoms with Crippen molar-refractivity contribution < 1.29 is 28.7 Å². The minimum atomic E-state index is -0.944. The van der Waals surface area contributed by atoms with Gasteiger partial charge in [-0.15, -0.1) is 0 Å². The van der Waals surface area contributed by atoms with E-state index < -0.39 is 17.2 Å². The van der Waals surface area contributed by atoms with Crippen LogP contribution in [0, 0.1) is 10.1 Å². The van der Waals surface area contributed by atoms with Crippen molar-refractivity contribution in [2.24, 2.45) is 0 Å². The van der Waals surface area contributed by atoms with Gasteiger partial charge in [0.05, 0.1) is 19.1 Å². The molecule has 0 spiro atoms. The Labute approximate surface area is 172 Å². The zero-order valence-corrected chi connectivity index (χ0v) is 16.3. The zero-order chi connectivity index (χ0) is 21.5. The summed E-state index contributed by atoms with van der Waals surface area (Å²) in [6.07, 6.45) is -1.69. The van der Waals surface area contributed by atoms with Gasteiger partial charge in [0.15, 0.2) is 6.10 Å². The molecule has 0 aromatic heterocycles. The van der Waals surface area contributed by atoms with Crippen LogP contribution < -0.4 is 14.2 Å². The molecular weight excluding hydrogens is 390 g/mol. The van der Waals surface area contributed by atoms with E-state index in [1.807, 2.05) is 0 Å². The van der Waals surface area contributed by atoms with Gasteiger partial charge in [-0.1, -0.05) is 24.3 Å². The lowest BCUT2D eigenvalue weighted by molar-refractivity contribution is -0.384. The first-order chi connectivity index (χ1) is 14.5. The molecule has 0 saturated carbocycles. The lowest BCUT2D eigenvalue weighted by Crippen LogP contribution is -2.16. The zero-order valence-electron chi connectivity index (χ0n) is 16.3. The first-order valence-corrected chi connectivity index (χ1v) is 8.91. The first kappa shape index (κ1) is 20.7. The number of nitro benzene ring substituents is 1. The van der Waals surface area contributed by atoms with E-state index in [0.717, 1.165) is 0 Å². The van der Waals surface area contributed by atoms with E-state index in [4.69, 9.17) is 18.9 Å². The lowest BCUT2D eigenvalue weighted by Gasteiger charge is -2.19. The second-order valence-corrected chi connectivity index (χ2v) is 6.15. The maximum Gasteiger partial charge on any atom is 0.514 e. The van der Waals surface area contributed by atoms with Gasteiger partial charge in [-0.2, -0.15) is 0 Å². The van der Waals surface area contributed by atoms with Crippen molar-refractivity contribution in [1.82, 2.24) is 0 Å². The van der Waals surface area contributed by atoms with Crippen LogP contribution in [0.4, 0.5) is 10.5 Å². The predicted molar refractivity (Wildman–Crippen MR) is 108 cm³/mol. The van der Waals surface area contributed by atoms with Gasteiger partial charge in [0, 0.05) is 12.1 Å². The van der Waals surface area contributed by atoms with Gasteiger partial charge in [-0.3, -0.25) is 10.1 Å². The normalized spacial score (nSPS) is 10.4. The second-order valence-electron chi connectivity index (χ2n) is 6.15. The fourth-order valence-corrected chi connectivity index (χ4v) is 2.74. The summed E-state index contributed by atoms with van der Waals surface area (Å²) in [5.41, 5.74) is 1.31. The Bertz CT molecular complexity index is 952. The smallest absolute Gasteiger partial charge is 0.497 e. The Kier molecular flexibility index (Phi) is 6.49. The van der Waals surface area contributed by atoms with E-state index >= 15 is 0 Å². The first-order valence-electron chi connectivity index (χ1n) is 8.91. The van der Waals surface area contributed by atoms with Gasteiger partial charge < -0.3 is 18.9 Å². The van der Waals surface area contributed by atoms with E-state index in [9.17, 15) is 14.9 Å². The van der Waals surface area contributed by atoms with Crippen LogP contribution >= 0.6 is 0 Å². The molecule has 0 fully saturated rings. The fraction of sp³-hybridized carbons (Fsp3) is 0.136. The molecule has 0 aliphatic carbocycles. The van der Waals surface area contributed by atoms with Crippen LogP contribution in [0.25, 0.3) is 0 Å². The third-order valence-corrected chi connectivity index (χ3v) is 4.30. The lowest BCUT2D eigenvalue weighted by atomic mass is 10.0. The molecule has 0 radical (unpaired) electrons. The van der Waals surface area contributed by atoms with E-state index in [-0.39, 0.29) is 11.4 Å². The summed E-state index contributed by atoms with van der Waals surface area (Å²) in [7, 11) is 3.13. The molecule has 0 aliphatic rings. The predicted octanol–water partition coefficient (Wildman–Crippen LogP) is 4.92. The Morgan fingerprint density at radius 1 is 0.767 bits per heavy atom. The number of carbonyl (C=O) groups is 1. The number of nitrogens with zero attached hydrogens (tertiary/aromatic N) is 1. The highest BCUT2D eigenvalue weighted by Crippen LogP contribution is 2.30. The highest BCUT2D eigenvalue weighted by atomic mass is 16.7. The number of benzene rings is 3. The Morgan fingerprint density at radius 2 is 1.20 bits per heavy atom. The SMILES string of the molecule is COc1ccc(C(OC(=O)Oc2ccc([N+](=O)[O-])cc2)c2ccc(OC)cc2)cc1. The number of methoxy groups -OCH3 is 2.